The van der Waals surface area contributed by atoms with Gasteiger partial charge in [0.15, 0.2) is 6.61 Å². The Bertz CT molecular complexity index is 927. The number of carbonyl (C=O) groups is 3. The van der Waals surface area contributed by atoms with Gasteiger partial charge in [0.1, 0.15) is 6.04 Å². The highest BCUT2D eigenvalue weighted by Gasteiger charge is 2.53. The van der Waals surface area contributed by atoms with Crippen molar-refractivity contribution in [2.24, 2.45) is 0 Å². The minimum Gasteiger partial charge on any atom is -0.454 e. The van der Waals surface area contributed by atoms with Crippen LogP contribution in [0.4, 0.5) is 0 Å². The van der Waals surface area contributed by atoms with E-state index in [2.05, 4.69) is 10.3 Å². The van der Waals surface area contributed by atoms with Gasteiger partial charge in [-0.2, -0.15) is 0 Å². The summed E-state index contributed by atoms with van der Waals surface area (Å²) in [5.74, 6) is -0.339. The molecule has 0 saturated carbocycles. The van der Waals surface area contributed by atoms with Crippen LogP contribution >= 0.6 is 11.8 Å². The fraction of sp³-hybridized carbons (Fsp3) is 0.450. The van der Waals surface area contributed by atoms with E-state index in [1.165, 1.54) is 0 Å². The van der Waals surface area contributed by atoms with E-state index in [0.717, 1.165) is 22.9 Å². The normalized spacial score (nSPS) is 23.8. The standard InChI is InChI=1S/C20H23N3O4S/c1-20-8-6-18(25)23(20)16(12-28-20)19(26)27-11-17(24)21-9-7-13-10-22-15-5-3-2-4-14(13)15/h2-5,10,16,22H,6-9,11-12H2,1H3,(H,21,24)/t16-,20+/m0/s1. The second-order valence-corrected chi connectivity index (χ2v) is 8.83. The molecule has 2 atom stereocenters. The molecule has 1 aromatic carbocycles. The molecule has 148 valence electrons. The van der Waals surface area contributed by atoms with Crippen molar-refractivity contribution in [2.45, 2.75) is 37.1 Å². The third-order valence-electron chi connectivity index (χ3n) is 5.45. The predicted molar refractivity (Wildman–Crippen MR) is 107 cm³/mol. The number of rotatable bonds is 6. The lowest BCUT2D eigenvalue weighted by Gasteiger charge is -2.29. The Kier molecular flexibility index (Phi) is 5.05. The van der Waals surface area contributed by atoms with E-state index < -0.39 is 12.0 Å². The number of benzene rings is 1. The molecule has 0 unspecified atom stereocenters. The molecule has 0 spiro atoms. The monoisotopic (exact) mass is 401 g/mol. The number of nitrogens with one attached hydrogen (secondary N) is 2. The fourth-order valence-corrected chi connectivity index (χ4v) is 5.37. The Morgan fingerprint density at radius 2 is 2.21 bits per heavy atom. The maximum Gasteiger partial charge on any atom is 0.330 e. The summed E-state index contributed by atoms with van der Waals surface area (Å²) in [6.07, 6.45) is 3.83. The van der Waals surface area contributed by atoms with E-state index in [9.17, 15) is 14.4 Å². The molecular weight excluding hydrogens is 378 g/mol. The van der Waals surface area contributed by atoms with Crippen LogP contribution in [0.1, 0.15) is 25.3 Å². The summed E-state index contributed by atoms with van der Waals surface area (Å²) in [5, 5.41) is 3.92. The molecule has 0 aliphatic carbocycles. The third kappa shape index (κ3) is 3.48. The van der Waals surface area contributed by atoms with Crippen LogP contribution in [0, 0.1) is 0 Å². The number of ether oxygens (including phenoxy) is 1. The van der Waals surface area contributed by atoms with E-state index >= 15 is 0 Å². The third-order valence-corrected chi connectivity index (χ3v) is 6.96. The van der Waals surface area contributed by atoms with Crippen molar-refractivity contribution in [3.63, 3.8) is 0 Å². The molecule has 0 radical (unpaired) electrons. The van der Waals surface area contributed by atoms with Crippen LogP contribution in [0.25, 0.3) is 10.9 Å². The van der Waals surface area contributed by atoms with Crippen LogP contribution in [0.5, 0.6) is 0 Å². The number of esters is 1. The van der Waals surface area contributed by atoms with Crippen molar-refractivity contribution in [1.29, 1.82) is 0 Å². The smallest absolute Gasteiger partial charge is 0.330 e. The van der Waals surface area contributed by atoms with Crippen LogP contribution < -0.4 is 5.32 Å². The largest absolute Gasteiger partial charge is 0.454 e. The van der Waals surface area contributed by atoms with Gasteiger partial charge in [-0.05, 0) is 31.4 Å². The molecule has 2 saturated heterocycles. The molecule has 7 nitrogen and oxygen atoms in total. The second-order valence-electron chi connectivity index (χ2n) is 7.33. The van der Waals surface area contributed by atoms with Crippen molar-refractivity contribution >= 4 is 40.4 Å². The summed E-state index contributed by atoms with van der Waals surface area (Å²) >= 11 is 1.60. The summed E-state index contributed by atoms with van der Waals surface area (Å²) in [6, 6.07) is 7.41. The van der Waals surface area contributed by atoms with Crippen LogP contribution in [0.15, 0.2) is 30.5 Å². The summed E-state index contributed by atoms with van der Waals surface area (Å²) in [6.45, 7) is 2.11. The summed E-state index contributed by atoms with van der Waals surface area (Å²) in [4.78, 5) is 41.0. The number of hydrogen-bond donors (Lipinski definition) is 2. The topological polar surface area (TPSA) is 91.5 Å². The lowest BCUT2D eigenvalue weighted by molar-refractivity contribution is -0.156. The number of H-pyrrole nitrogens is 1. The SMILES string of the molecule is C[C@@]12CCC(=O)N1[C@H](C(=O)OCC(=O)NCCc1c[nH]c3ccccc13)CS2. The van der Waals surface area contributed by atoms with Gasteiger partial charge in [0.2, 0.25) is 5.91 Å². The predicted octanol–water partition coefficient (Wildman–Crippen LogP) is 1.82. The number of aromatic amines is 1. The first-order valence-electron chi connectivity index (χ1n) is 9.42. The molecule has 8 heteroatoms. The average molecular weight is 401 g/mol. The maximum atomic E-state index is 12.4. The molecule has 0 bridgehead atoms. The second kappa shape index (κ2) is 7.50. The zero-order valence-electron chi connectivity index (χ0n) is 15.7. The van der Waals surface area contributed by atoms with Gasteiger partial charge in [0.25, 0.3) is 5.91 Å². The molecule has 2 aromatic rings. The number of hydrogen-bond acceptors (Lipinski definition) is 5. The number of fused-ring (bicyclic) bond motifs is 2. The maximum absolute atomic E-state index is 12.4. The van der Waals surface area contributed by atoms with E-state index in [0.29, 0.717) is 25.1 Å². The molecule has 1 aromatic heterocycles. The summed E-state index contributed by atoms with van der Waals surface area (Å²) in [7, 11) is 0. The average Bonchev–Trinajstić information content (AvgIpc) is 3.34. The number of nitrogens with zero attached hydrogens (tertiary/aromatic N) is 1. The molecule has 3 heterocycles. The van der Waals surface area contributed by atoms with Gasteiger partial charge in [-0.25, -0.2) is 4.79 Å². The van der Waals surface area contributed by atoms with Gasteiger partial charge in [-0.15, -0.1) is 11.8 Å². The van der Waals surface area contributed by atoms with Crippen molar-refractivity contribution in [2.75, 3.05) is 18.9 Å². The summed E-state index contributed by atoms with van der Waals surface area (Å²) < 4.78 is 5.18. The highest BCUT2D eigenvalue weighted by molar-refractivity contribution is 8.01. The van der Waals surface area contributed by atoms with Gasteiger partial charge in [0.05, 0.1) is 4.87 Å². The van der Waals surface area contributed by atoms with Gasteiger partial charge in [-0.3, -0.25) is 9.59 Å². The minimum atomic E-state index is -0.593. The highest BCUT2D eigenvalue weighted by atomic mass is 32.2. The molecule has 2 N–H and O–H groups in total. The van der Waals surface area contributed by atoms with E-state index in [-0.39, 0.29) is 23.3 Å². The van der Waals surface area contributed by atoms with E-state index in [4.69, 9.17) is 4.74 Å². The fourth-order valence-electron chi connectivity index (χ4n) is 3.95. The number of amides is 2. The zero-order valence-corrected chi connectivity index (χ0v) is 16.5. The number of para-hydroxylation sites is 1. The van der Waals surface area contributed by atoms with Gasteiger partial charge in [0, 0.05) is 35.8 Å². The lowest BCUT2D eigenvalue weighted by Crippen LogP contribution is -2.47. The Morgan fingerprint density at radius 3 is 3.07 bits per heavy atom. The Morgan fingerprint density at radius 1 is 1.39 bits per heavy atom. The minimum absolute atomic E-state index is 0.0161. The van der Waals surface area contributed by atoms with Gasteiger partial charge in [-0.1, -0.05) is 18.2 Å². The molecule has 2 aliphatic heterocycles. The number of thioether (sulfide) groups is 1. The van der Waals surface area contributed by atoms with Crippen molar-refractivity contribution in [3.05, 3.63) is 36.0 Å². The Labute approximate surface area is 167 Å². The number of carbonyl (C=O) groups excluding carboxylic acids is 3. The van der Waals surface area contributed by atoms with Gasteiger partial charge >= 0.3 is 5.97 Å². The molecule has 2 fully saturated rings. The first kappa shape index (κ1) is 18.9. The zero-order chi connectivity index (χ0) is 19.7. The van der Waals surface area contributed by atoms with Crippen molar-refractivity contribution in [1.82, 2.24) is 15.2 Å². The van der Waals surface area contributed by atoms with Crippen LogP contribution in [0.2, 0.25) is 0 Å². The summed E-state index contributed by atoms with van der Waals surface area (Å²) in [5.41, 5.74) is 2.19. The van der Waals surface area contributed by atoms with Crippen molar-refractivity contribution in [3.8, 4) is 0 Å². The first-order chi connectivity index (χ1) is 13.5. The first-order valence-corrected chi connectivity index (χ1v) is 10.4. The quantitative estimate of drug-likeness (QED) is 0.721. The van der Waals surface area contributed by atoms with Crippen LogP contribution in [-0.2, 0) is 25.5 Å². The Hall–Kier alpha value is -2.48. The Balaban J connectivity index is 1.23. The lowest BCUT2D eigenvalue weighted by atomic mass is 10.1. The number of aromatic nitrogens is 1. The van der Waals surface area contributed by atoms with E-state index in [1.807, 2.05) is 37.4 Å². The molecule has 28 heavy (non-hydrogen) atoms. The molecule has 4 rings (SSSR count). The molecule has 2 aliphatic rings. The van der Waals surface area contributed by atoms with Crippen LogP contribution in [-0.4, -0.2) is 57.5 Å². The van der Waals surface area contributed by atoms with E-state index in [1.54, 1.807) is 16.7 Å². The van der Waals surface area contributed by atoms with Crippen LogP contribution in [0.3, 0.4) is 0 Å². The molecular formula is C20H23N3O4S. The van der Waals surface area contributed by atoms with Gasteiger partial charge < -0.3 is 19.9 Å². The molecule has 2 amide bonds. The van der Waals surface area contributed by atoms with Crippen molar-refractivity contribution < 1.29 is 19.1 Å². The highest BCUT2D eigenvalue weighted by Crippen LogP contribution is 2.47.